The van der Waals surface area contributed by atoms with Crippen LogP contribution in [0.25, 0.3) is 0 Å². The smallest absolute Gasteiger partial charge is 0.153 e. The zero-order valence-electron chi connectivity index (χ0n) is 11.4. The Labute approximate surface area is 117 Å². The van der Waals surface area contributed by atoms with Gasteiger partial charge in [0.2, 0.25) is 0 Å². The normalized spacial score (nSPS) is 17.3. The molecule has 3 rings (SSSR count). The lowest BCUT2D eigenvalue weighted by Gasteiger charge is -2.05. The monoisotopic (exact) mass is 272 g/mol. The number of hydrogen-bond donors (Lipinski definition) is 3. The van der Waals surface area contributed by atoms with Crippen molar-refractivity contribution in [2.45, 2.75) is 38.2 Å². The molecule has 0 bridgehead atoms. The van der Waals surface area contributed by atoms with Gasteiger partial charge in [0.25, 0.3) is 0 Å². The van der Waals surface area contributed by atoms with Gasteiger partial charge in [-0.1, -0.05) is 0 Å². The number of nitrogens with one attached hydrogen (secondary N) is 2. The number of hydrogen-bond acceptors (Lipinski definition) is 5. The first kappa shape index (κ1) is 13.1. The van der Waals surface area contributed by atoms with Crippen molar-refractivity contribution in [3.63, 3.8) is 0 Å². The summed E-state index contributed by atoms with van der Waals surface area (Å²) in [7, 11) is 0. The lowest BCUT2D eigenvalue weighted by molar-refractivity contribution is 0.194. The number of aliphatic hydroxyl groups excluding tert-OH is 1. The summed E-state index contributed by atoms with van der Waals surface area (Å²) < 4.78 is 0. The first-order valence-corrected chi connectivity index (χ1v) is 6.86. The molecular weight excluding hydrogens is 254 g/mol. The number of nitrogens with zero attached hydrogens (tertiary/aromatic N) is 3. The van der Waals surface area contributed by atoms with Crippen LogP contribution in [-0.2, 0) is 0 Å². The Hall–Kier alpha value is -1.95. The highest BCUT2D eigenvalue weighted by Crippen LogP contribution is 2.33. The molecule has 0 unspecified atom stereocenters. The van der Waals surface area contributed by atoms with E-state index in [4.69, 9.17) is 0 Å². The maximum atomic E-state index is 9.39. The van der Waals surface area contributed by atoms with Crippen molar-refractivity contribution in [3.05, 3.63) is 36.3 Å². The molecule has 20 heavy (non-hydrogen) atoms. The molecule has 2 aromatic rings. The van der Waals surface area contributed by atoms with Gasteiger partial charge in [0.1, 0.15) is 5.82 Å². The lowest BCUT2D eigenvalue weighted by atomic mass is 10.0. The molecule has 2 atom stereocenters. The van der Waals surface area contributed by atoms with Gasteiger partial charge >= 0.3 is 0 Å². The third kappa shape index (κ3) is 2.80. The van der Waals surface area contributed by atoms with Crippen LogP contribution in [-0.4, -0.2) is 25.3 Å². The Morgan fingerprint density at radius 3 is 2.90 bits per heavy atom. The zero-order chi connectivity index (χ0) is 13.9. The van der Waals surface area contributed by atoms with Gasteiger partial charge in [0.05, 0.1) is 24.2 Å². The lowest BCUT2D eigenvalue weighted by Crippen LogP contribution is -2.00. The Kier molecular flexibility index (Phi) is 3.64. The van der Waals surface area contributed by atoms with Gasteiger partial charge in [-0.25, -0.2) is 4.98 Å². The van der Waals surface area contributed by atoms with Crippen LogP contribution in [0.3, 0.4) is 0 Å². The van der Waals surface area contributed by atoms with Crippen LogP contribution >= 0.6 is 0 Å². The van der Waals surface area contributed by atoms with E-state index in [2.05, 4.69) is 31.9 Å². The van der Waals surface area contributed by atoms with Crippen molar-refractivity contribution in [2.24, 2.45) is 0 Å². The van der Waals surface area contributed by atoms with E-state index in [1.165, 1.54) is 12.8 Å². The second-order valence-corrected chi connectivity index (χ2v) is 5.13. The summed E-state index contributed by atoms with van der Waals surface area (Å²) >= 11 is 0. The Morgan fingerprint density at radius 2 is 2.25 bits per heavy atom. The molecule has 6 heteroatoms. The van der Waals surface area contributed by atoms with Crippen molar-refractivity contribution < 1.29 is 5.11 Å². The van der Waals surface area contributed by atoms with E-state index in [-0.39, 0.29) is 0 Å². The number of aromatic nitrogens is 4. The van der Waals surface area contributed by atoms with E-state index in [0.29, 0.717) is 17.4 Å². The summed E-state index contributed by atoms with van der Waals surface area (Å²) in [5.41, 5.74) is 1.72. The summed E-state index contributed by atoms with van der Waals surface area (Å²) in [6, 6.07) is 2.02. The SMILES string of the molecule is C[C@@H](O)c1cnc(Nc2cc([C@H]3C[CH]CC3)[nH]n2)cn1. The predicted octanol–water partition coefficient (Wildman–Crippen LogP) is 2.47. The molecule has 0 amide bonds. The van der Waals surface area contributed by atoms with Crippen molar-refractivity contribution in [1.82, 2.24) is 20.2 Å². The van der Waals surface area contributed by atoms with Crippen LogP contribution in [0.1, 0.15) is 49.6 Å². The van der Waals surface area contributed by atoms with Crippen LogP contribution in [0.4, 0.5) is 11.6 Å². The van der Waals surface area contributed by atoms with Crippen LogP contribution in [0, 0.1) is 6.42 Å². The molecule has 6 nitrogen and oxygen atoms in total. The first-order valence-electron chi connectivity index (χ1n) is 6.86. The molecule has 1 fully saturated rings. The number of aromatic amines is 1. The second-order valence-electron chi connectivity index (χ2n) is 5.13. The molecule has 2 heterocycles. The topological polar surface area (TPSA) is 86.7 Å². The van der Waals surface area contributed by atoms with Gasteiger partial charge in [0.15, 0.2) is 5.82 Å². The minimum Gasteiger partial charge on any atom is -0.387 e. The highest BCUT2D eigenvalue weighted by Gasteiger charge is 2.19. The van der Waals surface area contributed by atoms with Gasteiger partial charge in [-0.3, -0.25) is 10.1 Å². The molecule has 1 aliphatic rings. The summed E-state index contributed by atoms with van der Waals surface area (Å²) in [5.74, 6) is 1.91. The number of anilines is 2. The number of H-pyrrole nitrogens is 1. The zero-order valence-corrected chi connectivity index (χ0v) is 11.4. The van der Waals surface area contributed by atoms with E-state index >= 15 is 0 Å². The van der Waals surface area contributed by atoms with Crippen LogP contribution < -0.4 is 5.32 Å². The molecule has 1 radical (unpaired) electrons. The van der Waals surface area contributed by atoms with E-state index in [1.54, 1.807) is 19.3 Å². The molecule has 0 saturated heterocycles. The fourth-order valence-corrected chi connectivity index (χ4v) is 2.40. The Morgan fingerprint density at radius 1 is 1.35 bits per heavy atom. The highest BCUT2D eigenvalue weighted by atomic mass is 16.3. The third-order valence-electron chi connectivity index (χ3n) is 3.56. The molecule has 1 saturated carbocycles. The fourth-order valence-electron chi connectivity index (χ4n) is 2.40. The standard InChI is InChI=1S/C14H18N5O/c1-9(20)12-7-16-14(8-15-12)17-13-6-11(18-19-13)10-4-2-3-5-10/h2,6-10,20H,3-5H2,1H3,(H2,16,17,18,19)/t9-,10+/m1/s1. The minimum absolute atomic E-state index is 0.555. The maximum absolute atomic E-state index is 9.39. The number of rotatable bonds is 4. The molecule has 2 aromatic heterocycles. The summed E-state index contributed by atoms with van der Waals surface area (Å²) in [6.07, 6.45) is 8.35. The average molecular weight is 272 g/mol. The molecule has 105 valence electrons. The van der Waals surface area contributed by atoms with Crippen molar-refractivity contribution in [2.75, 3.05) is 5.32 Å². The van der Waals surface area contributed by atoms with Gasteiger partial charge in [0, 0.05) is 17.7 Å². The van der Waals surface area contributed by atoms with E-state index in [1.807, 2.05) is 6.07 Å². The van der Waals surface area contributed by atoms with Crippen LogP contribution in [0.15, 0.2) is 18.5 Å². The van der Waals surface area contributed by atoms with E-state index in [9.17, 15) is 5.11 Å². The van der Waals surface area contributed by atoms with E-state index in [0.717, 1.165) is 17.9 Å². The van der Waals surface area contributed by atoms with Gasteiger partial charge in [-0.05, 0) is 32.6 Å². The van der Waals surface area contributed by atoms with Crippen molar-refractivity contribution >= 4 is 11.6 Å². The minimum atomic E-state index is -0.604. The maximum Gasteiger partial charge on any atom is 0.153 e. The molecule has 3 N–H and O–H groups in total. The predicted molar refractivity (Wildman–Crippen MR) is 75.4 cm³/mol. The van der Waals surface area contributed by atoms with Crippen molar-refractivity contribution in [1.29, 1.82) is 0 Å². The van der Waals surface area contributed by atoms with Gasteiger partial charge in [-0.2, -0.15) is 5.10 Å². The highest BCUT2D eigenvalue weighted by molar-refractivity contribution is 5.50. The van der Waals surface area contributed by atoms with Crippen LogP contribution in [0.5, 0.6) is 0 Å². The fraction of sp³-hybridized carbons (Fsp3) is 0.429. The van der Waals surface area contributed by atoms with Gasteiger partial charge < -0.3 is 10.4 Å². The molecule has 0 aliphatic heterocycles. The third-order valence-corrected chi connectivity index (χ3v) is 3.56. The Balaban J connectivity index is 1.68. The van der Waals surface area contributed by atoms with Crippen LogP contribution in [0.2, 0.25) is 0 Å². The summed E-state index contributed by atoms with van der Waals surface area (Å²) in [4.78, 5) is 8.35. The van der Waals surface area contributed by atoms with Gasteiger partial charge in [-0.15, -0.1) is 0 Å². The number of aliphatic hydroxyl groups is 1. The molecule has 1 aliphatic carbocycles. The summed E-state index contributed by atoms with van der Waals surface area (Å²) in [5, 5.41) is 19.8. The van der Waals surface area contributed by atoms with E-state index < -0.39 is 6.10 Å². The second kappa shape index (κ2) is 5.58. The summed E-state index contributed by atoms with van der Waals surface area (Å²) in [6.45, 7) is 1.66. The average Bonchev–Trinajstić information content (AvgIpc) is 3.09. The molecule has 0 spiro atoms. The molecular formula is C14H18N5O. The molecule has 0 aromatic carbocycles. The largest absolute Gasteiger partial charge is 0.387 e. The Bertz CT molecular complexity index is 557. The van der Waals surface area contributed by atoms with Crippen molar-refractivity contribution in [3.8, 4) is 0 Å². The first-order chi connectivity index (χ1) is 9.72. The quantitative estimate of drug-likeness (QED) is 0.796.